The first-order valence-corrected chi connectivity index (χ1v) is 7.69. The van der Waals surface area contributed by atoms with Crippen molar-refractivity contribution in [2.45, 2.75) is 0 Å². The summed E-state index contributed by atoms with van der Waals surface area (Å²) in [6, 6.07) is 22.7. The number of nitrogens with zero attached hydrogens (tertiary/aromatic N) is 2. The van der Waals surface area contributed by atoms with Gasteiger partial charge in [-0.1, -0.05) is 48.5 Å². The maximum Gasteiger partial charge on any atom is 0.277 e. The average Bonchev–Trinajstić information content (AvgIpc) is 2.66. The molecule has 1 N–H and O–H groups in total. The second kappa shape index (κ2) is 7.75. The van der Waals surface area contributed by atoms with Crippen LogP contribution in [0.1, 0.15) is 11.1 Å². The monoisotopic (exact) mass is 329 g/mol. The van der Waals surface area contributed by atoms with Gasteiger partial charge in [-0.05, 0) is 34.5 Å². The summed E-state index contributed by atoms with van der Waals surface area (Å²) < 4.78 is 5.34. The van der Waals surface area contributed by atoms with E-state index >= 15 is 0 Å². The van der Waals surface area contributed by atoms with Gasteiger partial charge < -0.3 is 4.74 Å². The van der Waals surface area contributed by atoms with Crippen LogP contribution in [-0.4, -0.2) is 18.7 Å². The van der Waals surface area contributed by atoms with Gasteiger partial charge in [-0.25, -0.2) is 5.43 Å². The number of hydrazone groups is 1. The second-order valence-electron chi connectivity index (χ2n) is 5.30. The highest BCUT2D eigenvalue weighted by Gasteiger charge is 2.05. The summed E-state index contributed by atoms with van der Waals surface area (Å²) in [5, 5.41) is 15.2. The molecule has 0 unspecified atom stereocenters. The molecule has 5 heteroatoms. The minimum absolute atomic E-state index is 0.215. The lowest BCUT2D eigenvalue weighted by Crippen LogP contribution is -2.24. The Kier molecular flexibility index (Phi) is 5.03. The van der Waals surface area contributed by atoms with Crippen LogP contribution < -0.4 is 10.2 Å². The first-order chi connectivity index (χ1) is 12.3. The van der Waals surface area contributed by atoms with Gasteiger partial charge in [0.05, 0.1) is 11.8 Å². The Labute approximate surface area is 145 Å². The predicted molar refractivity (Wildman–Crippen MR) is 96.3 cm³/mol. The third kappa shape index (κ3) is 4.21. The molecule has 25 heavy (non-hydrogen) atoms. The SMILES string of the molecule is N#Cc1ccccc1OCC(=O)N/N=C\c1ccc2ccccc2c1. The van der Waals surface area contributed by atoms with Gasteiger partial charge in [-0.2, -0.15) is 10.4 Å². The molecule has 3 aromatic carbocycles. The number of ether oxygens (including phenoxy) is 1. The molecule has 3 aromatic rings. The Balaban J connectivity index is 1.56. The third-order valence-electron chi connectivity index (χ3n) is 3.54. The summed E-state index contributed by atoms with van der Waals surface area (Å²) >= 11 is 0. The van der Waals surface area contributed by atoms with Crippen molar-refractivity contribution in [1.29, 1.82) is 5.26 Å². The number of rotatable bonds is 5. The summed E-state index contributed by atoms with van der Waals surface area (Å²) in [6.07, 6.45) is 1.58. The molecule has 1 amide bonds. The predicted octanol–water partition coefficient (Wildman–Crippen LogP) is 3.24. The Morgan fingerprint density at radius 1 is 1.08 bits per heavy atom. The maximum absolute atomic E-state index is 11.8. The second-order valence-corrected chi connectivity index (χ2v) is 5.30. The number of hydrogen-bond donors (Lipinski definition) is 1. The van der Waals surface area contributed by atoms with E-state index in [2.05, 4.69) is 10.5 Å². The van der Waals surface area contributed by atoms with Gasteiger partial charge in [0.2, 0.25) is 0 Å². The molecule has 0 aliphatic rings. The number of benzene rings is 3. The van der Waals surface area contributed by atoms with E-state index in [0.717, 1.165) is 16.3 Å². The zero-order valence-corrected chi connectivity index (χ0v) is 13.3. The normalized spacial score (nSPS) is 10.5. The molecule has 0 saturated carbocycles. The number of hydrogen-bond acceptors (Lipinski definition) is 4. The van der Waals surface area contributed by atoms with Crippen LogP contribution >= 0.6 is 0 Å². The number of carbonyl (C=O) groups is 1. The summed E-state index contributed by atoms with van der Waals surface area (Å²) in [4.78, 5) is 11.8. The molecule has 0 bridgehead atoms. The number of para-hydroxylation sites is 1. The fourth-order valence-electron chi connectivity index (χ4n) is 2.33. The van der Waals surface area contributed by atoms with Gasteiger partial charge in [-0.15, -0.1) is 0 Å². The van der Waals surface area contributed by atoms with E-state index < -0.39 is 5.91 Å². The lowest BCUT2D eigenvalue weighted by Gasteiger charge is -2.06. The summed E-state index contributed by atoms with van der Waals surface area (Å²) in [6.45, 7) is -0.215. The van der Waals surface area contributed by atoms with Crippen LogP contribution in [0, 0.1) is 11.3 Å². The van der Waals surface area contributed by atoms with Crippen LogP contribution in [0.15, 0.2) is 71.8 Å². The number of nitriles is 1. The van der Waals surface area contributed by atoms with Crippen molar-refractivity contribution in [2.24, 2.45) is 5.10 Å². The van der Waals surface area contributed by atoms with E-state index in [4.69, 9.17) is 10.00 Å². The minimum atomic E-state index is -0.398. The van der Waals surface area contributed by atoms with Crippen molar-refractivity contribution in [1.82, 2.24) is 5.43 Å². The molecule has 0 spiro atoms. The van der Waals surface area contributed by atoms with E-state index in [1.54, 1.807) is 30.5 Å². The Hall–Kier alpha value is -3.65. The maximum atomic E-state index is 11.8. The highest BCUT2D eigenvalue weighted by Crippen LogP contribution is 2.16. The molecule has 0 fully saturated rings. The van der Waals surface area contributed by atoms with E-state index in [0.29, 0.717) is 11.3 Å². The standard InChI is InChI=1S/C20H15N3O2/c21-12-18-7-3-4-8-19(18)25-14-20(24)23-22-13-15-9-10-16-5-1-2-6-17(16)11-15/h1-11,13H,14H2,(H,23,24)/b22-13-. The molecule has 0 aromatic heterocycles. The highest BCUT2D eigenvalue weighted by atomic mass is 16.5. The van der Waals surface area contributed by atoms with Gasteiger partial charge in [0.1, 0.15) is 11.8 Å². The van der Waals surface area contributed by atoms with Crippen LogP contribution in [0.2, 0.25) is 0 Å². The van der Waals surface area contributed by atoms with E-state index in [1.807, 2.05) is 48.5 Å². The van der Waals surface area contributed by atoms with Crippen molar-refractivity contribution in [2.75, 3.05) is 6.61 Å². The third-order valence-corrected chi connectivity index (χ3v) is 3.54. The summed E-state index contributed by atoms with van der Waals surface area (Å²) in [5.74, 6) is -0.0246. The zero-order chi connectivity index (χ0) is 17.5. The molecule has 0 heterocycles. The van der Waals surface area contributed by atoms with Crippen molar-refractivity contribution >= 4 is 22.9 Å². The molecule has 0 atom stereocenters. The van der Waals surface area contributed by atoms with Crippen LogP contribution in [0.5, 0.6) is 5.75 Å². The molecular formula is C20H15N3O2. The average molecular weight is 329 g/mol. The van der Waals surface area contributed by atoms with Gasteiger partial charge >= 0.3 is 0 Å². The molecular weight excluding hydrogens is 314 g/mol. The van der Waals surface area contributed by atoms with E-state index in [-0.39, 0.29) is 6.61 Å². The molecule has 3 rings (SSSR count). The van der Waals surface area contributed by atoms with Crippen molar-refractivity contribution < 1.29 is 9.53 Å². The van der Waals surface area contributed by atoms with Gasteiger partial charge in [0.15, 0.2) is 6.61 Å². The van der Waals surface area contributed by atoms with E-state index in [1.165, 1.54) is 0 Å². The van der Waals surface area contributed by atoms with Gasteiger partial charge in [0.25, 0.3) is 5.91 Å². The van der Waals surface area contributed by atoms with Crippen LogP contribution in [0.4, 0.5) is 0 Å². The first-order valence-electron chi connectivity index (χ1n) is 7.69. The Morgan fingerprint density at radius 3 is 2.68 bits per heavy atom. The number of fused-ring (bicyclic) bond motifs is 1. The number of carbonyl (C=O) groups excluding carboxylic acids is 1. The fourth-order valence-corrected chi connectivity index (χ4v) is 2.33. The van der Waals surface area contributed by atoms with Crippen molar-refractivity contribution in [3.8, 4) is 11.8 Å². The summed E-state index contributed by atoms with van der Waals surface area (Å²) in [5.41, 5.74) is 3.68. The van der Waals surface area contributed by atoms with E-state index in [9.17, 15) is 4.79 Å². The smallest absolute Gasteiger partial charge is 0.277 e. The molecule has 0 aliphatic heterocycles. The van der Waals surface area contributed by atoms with Crippen molar-refractivity contribution in [3.63, 3.8) is 0 Å². The van der Waals surface area contributed by atoms with Crippen LogP contribution in [0.3, 0.4) is 0 Å². The first kappa shape index (κ1) is 16.2. The van der Waals surface area contributed by atoms with Crippen LogP contribution in [-0.2, 0) is 4.79 Å². The quantitative estimate of drug-likeness (QED) is 0.577. The van der Waals surface area contributed by atoms with Crippen LogP contribution in [0.25, 0.3) is 10.8 Å². The highest BCUT2D eigenvalue weighted by molar-refractivity contribution is 5.90. The lowest BCUT2D eigenvalue weighted by atomic mass is 10.1. The minimum Gasteiger partial charge on any atom is -0.482 e. The number of amides is 1. The molecule has 0 radical (unpaired) electrons. The number of nitrogens with one attached hydrogen (secondary N) is 1. The van der Waals surface area contributed by atoms with Gasteiger partial charge in [0, 0.05) is 0 Å². The Morgan fingerprint density at radius 2 is 1.84 bits per heavy atom. The largest absolute Gasteiger partial charge is 0.482 e. The fraction of sp³-hybridized carbons (Fsp3) is 0.0500. The molecule has 0 aliphatic carbocycles. The Bertz CT molecular complexity index is 974. The van der Waals surface area contributed by atoms with Gasteiger partial charge in [-0.3, -0.25) is 4.79 Å². The molecule has 5 nitrogen and oxygen atoms in total. The summed E-state index contributed by atoms with van der Waals surface area (Å²) in [7, 11) is 0. The zero-order valence-electron chi connectivity index (χ0n) is 13.3. The van der Waals surface area contributed by atoms with Crippen molar-refractivity contribution in [3.05, 3.63) is 77.9 Å². The molecule has 0 saturated heterocycles. The topological polar surface area (TPSA) is 74.5 Å². The molecule has 122 valence electrons. The lowest BCUT2D eigenvalue weighted by molar-refractivity contribution is -0.123.